The molecule has 1 saturated heterocycles. The highest BCUT2D eigenvalue weighted by Crippen LogP contribution is 2.15. The van der Waals surface area contributed by atoms with Gasteiger partial charge in [0, 0.05) is 19.6 Å². The van der Waals surface area contributed by atoms with Crippen molar-refractivity contribution in [2.75, 3.05) is 18.0 Å². The molecule has 0 aliphatic carbocycles. The van der Waals surface area contributed by atoms with Crippen molar-refractivity contribution in [2.24, 2.45) is 0 Å². The molecule has 0 unspecified atom stereocenters. The number of rotatable bonds is 2. The molecule has 1 fully saturated rings. The van der Waals surface area contributed by atoms with E-state index in [9.17, 15) is 0 Å². The molecule has 1 aromatic heterocycles. The number of aryl methyl sites for hydroxylation is 1. The highest BCUT2D eigenvalue weighted by atomic mass is 15.6. The number of aromatic nitrogens is 4. The number of nitrogens with zero attached hydrogens (tertiary/aromatic N) is 5. The summed E-state index contributed by atoms with van der Waals surface area (Å²) in [5.74, 6) is 0.933. The number of piperidine rings is 1. The van der Waals surface area contributed by atoms with Gasteiger partial charge in [-0.15, -0.1) is 0 Å². The Morgan fingerprint density at radius 1 is 1.23 bits per heavy atom. The third-order valence-corrected chi connectivity index (χ3v) is 2.45. The van der Waals surface area contributed by atoms with Gasteiger partial charge in [0.25, 0.3) is 0 Å². The Morgan fingerprint density at radius 2 is 2.00 bits per heavy atom. The van der Waals surface area contributed by atoms with Crippen LogP contribution in [0.2, 0.25) is 0 Å². The van der Waals surface area contributed by atoms with Crippen molar-refractivity contribution >= 4 is 5.95 Å². The molecule has 5 nitrogen and oxygen atoms in total. The lowest BCUT2D eigenvalue weighted by molar-refractivity contribution is 0.544. The minimum absolute atomic E-state index is 0.846. The molecule has 0 saturated carbocycles. The Bertz CT molecular complexity index is 263. The summed E-state index contributed by atoms with van der Waals surface area (Å²) in [6, 6.07) is 0. The maximum atomic E-state index is 4.04. The first kappa shape index (κ1) is 8.47. The van der Waals surface area contributed by atoms with Crippen LogP contribution in [0, 0.1) is 0 Å². The van der Waals surface area contributed by atoms with E-state index in [0.29, 0.717) is 0 Å². The second-order valence-corrected chi connectivity index (χ2v) is 3.34. The van der Waals surface area contributed by atoms with Crippen LogP contribution in [0.3, 0.4) is 0 Å². The van der Waals surface area contributed by atoms with E-state index in [2.05, 4.69) is 27.3 Å². The minimum atomic E-state index is 0.846. The lowest BCUT2D eigenvalue weighted by Crippen LogP contribution is -2.32. The Morgan fingerprint density at radius 3 is 2.69 bits per heavy atom. The third kappa shape index (κ3) is 1.64. The zero-order chi connectivity index (χ0) is 9.10. The van der Waals surface area contributed by atoms with E-state index in [4.69, 9.17) is 0 Å². The average molecular weight is 181 g/mol. The summed E-state index contributed by atoms with van der Waals surface area (Å²) in [4.78, 5) is 2.27. The SMILES string of the molecule is CCn1nnnc1N1CCCCC1. The van der Waals surface area contributed by atoms with Crippen LogP contribution in [0.25, 0.3) is 0 Å². The maximum Gasteiger partial charge on any atom is 0.245 e. The average Bonchev–Trinajstić information content (AvgIpc) is 2.67. The number of hydrogen-bond acceptors (Lipinski definition) is 4. The molecule has 72 valence electrons. The summed E-state index contributed by atoms with van der Waals surface area (Å²) >= 11 is 0. The molecule has 0 aromatic carbocycles. The van der Waals surface area contributed by atoms with Crippen molar-refractivity contribution in [1.82, 2.24) is 20.2 Å². The van der Waals surface area contributed by atoms with Gasteiger partial charge in [0.1, 0.15) is 0 Å². The number of tetrazole rings is 1. The zero-order valence-corrected chi connectivity index (χ0v) is 7.98. The largest absolute Gasteiger partial charge is 0.340 e. The first-order valence-corrected chi connectivity index (χ1v) is 4.93. The second-order valence-electron chi connectivity index (χ2n) is 3.34. The smallest absolute Gasteiger partial charge is 0.245 e. The Balaban J connectivity index is 2.13. The quantitative estimate of drug-likeness (QED) is 0.673. The van der Waals surface area contributed by atoms with Gasteiger partial charge in [-0.05, 0) is 36.6 Å². The van der Waals surface area contributed by atoms with E-state index in [1.54, 1.807) is 0 Å². The van der Waals surface area contributed by atoms with E-state index in [1.807, 2.05) is 4.68 Å². The maximum absolute atomic E-state index is 4.04. The van der Waals surface area contributed by atoms with Crippen LogP contribution >= 0.6 is 0 Å². The van der Waals surface area contributed by atoms with Gasteiger partial charge in [0.2, 0.25) is 5.95 Å². The van der Waals surface area contributed by atoms with Gasteiger partial charge in [-0.2, -0.15) is 0 Å². The highest BCUT2D eigenvalue weighted by Gasteiger charge is 2.16. The molecule has 0 bridgehead atoms. The van der Waals surface area contributed by atoms with Crippen LogP contribution in [0.1, 0.15) is 26.2 Å². The monoisotopic (exact) mass is 181 g/mol. The fourth-order valence-corrected chi connectivity index (χ4v) is 1.72. The molecule has 0 atom stereocenters. The van der Waals surface area contributed by atoms with Crippen molar-refractivity contribution in [3.05, 3.63) is 0 Å². The molecular weight excluding hydrogens is 166 g/mol. The second kappa shape index (κ2) is 3.72. The van der Waals surface area contributed by atoms with Gasteiger partial charge >= 0.3 is 0 Å². The lowest BCUT2D eigenvalue weighted by Gasteiger charge is -2.26. The van der Waals surface area contributed by atoms with Crippen LogP contribution in [0.15, 0.2) is 0 Å². The van der Waals surface area contributed by atoms with E-state index < -0.39 is 0 Å². The van der Waals surface area contributed by atoms with Crippen LogP contribution in [0.4, 0.5) is 5.95 Å². The van der Waals surface area contributed by atoms with Crippen LogP contribution in [-0.4, -0.2) is 33.3 Å². The molecular formula is C8H15N5. The van der Waals surface area contributed by atoms with Crippen molar-refractivity contribution < 1.29 is 0 Å². The van der Waals surface area contributed by atoms with Gasteiger partial charge in [0.05, 0.1) is 0 Å². The van der Waals surface area contributed by atoms with Crippen molar-refractivity contribution in [2.45, 2.75) is 32.7 Å². The van der Waals surface area contributed by atoms with Gasteiger partial charge in [0.15, 0.2) is 0 Å². The molecule has 1 aromatic rings. The van der Waals surface area contributed by atoms with Gasteiger partial charge in [-0.25, -0.2) is 4.68 Å². The van der Waals surface area contributed by atoms with E-state index in [1.165, 1.54) is 19.3 Å². The summed E-state index contributed by atoms with van der Waals surface area (Å²) in [6.45, 7) is 5.10. The van der Waals surface area contributed by atoms with Crippen molar-refractivity contribution in [3.63, 3.8) is 0 Å². The summed E-state index contributed by atoms with van der Waals surface area (Å²) in [5.41, 5.74) is 0. The predicted molar refractivity (Wildman–Crippen MR) is 49.6 cm³/mol. The molecule has 1 aliphatic rings. The van der Waals surface area contributed by atoms with E-state index in [0.717, 1.165) is 25.6 Å². The zero-order valence-electron chi connectivity index (χ0n) is 7.98. The predicted octanol–water partition coefficient (Wildman–Crippen LogP) is 0.683. The molecule has 0 N–H and O–H groups in total. The van der Waals surface area contributed by atoms with Gasteiger partial charge in [-0.3, -0.25) is 0 Å². The fraction of sp³-hybridized carbons (Fsp3) is 0.875. The molecule has 5 heteroatoms. The minimum Gasteiger partial charge on any atom is -0.340 e. The molecule has 0 amide bonds. The molecule has 2 rings (SSSR count). The summed E-state index contributed by atoms with van der Waals surface area (Å²) < 4.78 is 1.85. The van der Waals surface area contributed by atoms with E-state index >= 15 is 0 Å². The van der Waals surface area contributed by atoms with E-state index in [-0.39, 0.29) is 0 Å². The Labute approximate surface area is 77.7 Å². The summed E-state index contributed by atoms with van der Waals surface area (Å²) in [6.07, 6.45) is 3.86. The van der Waals surface area contributed by atoms with Crippen LogP contribution in [0.5, 0.6) is 0 Å². The highest BCUT2D eigenvalue weighted by molar-refractivity contribution is 5.28. The normalized spacial score (nSPS) is 17.8. The van der Waals surface area contributed by atoms with Crippen molar-refractivity contribution in [1.29, 1.82) is 0 Å². The Hall–Kier alpha value is -1.13. The van der Waals surface area contributed by atoms with Crippen molar-refractivity contribution in [3.8, 4) is 0 Å². The van der Waals surface area contributed by atoms with Crippen LogP contribution < -0.4 is 4.90 Å². The standard InChI is InChI=1S/C8H15N5/c1-2-13-8(9-10-11-13)12-6-4-3-5-7-12/h2-7H2,1H3. The first-order valence-electron chi connectivity index (χ1n) is 4.93. The molecule has 0 radical (unpaired) electrons. The number of anilines is 1. The van der Waals surface area contributed by atoms with Gasteiger partial charge in [-0.1, -0.05) is 5.10 Å². The summed E-state index contributed by atoms with van der Waals surface area (Å²) in [7, 11) is 0. The summed E-state index contributed by atoms with van der Waals surface area (Å²) in [5, 5.41) is 11.7. The number of hydrogen-bond donors (Lipinski definition) is 0. The van der Waals surface area contributed by atoms with Gasteiger partial charge < -0.3 is 4.90 Å². The van der Waals surface area contributed by atoms with Crippen LogP contribution in [-0.2, 0) is 6.54 Å². The third-order valence-electron chi connectivity index (χ3n) is 2.45. The Kier molecular flexibility index (Phi) is 2.42. The molecule has 2 heterocycles. The molecule has 0 spiro atoms. The molecule has 13 heavy (non-hydrogen) atoms. The molecule has 1 aliphatic heterocycles. The fourth-order valence-electron chi connectivity index (χ4n) is 1.72. The lowest BCUT2D eigenvalue weighted by atomic mass is 10.1. The topological polar surface area (TPSA) is 46.8 Å². The first-order chi connectivity index (χ1) is 6.42.